The van der Waals surface area contributed by atoms with Crippen molar-refractivity contribution in [2.45, 2.75) is 18.3 Å². The number of amides is 1. The van der Waals surface area contributed by atoms with E-state index in [-0.39, 0.29) is 17.2 Å². The molecule has 2 N–H and O–H groups in total. The van der Waals surface area contributed by atoms with Gasteiger partial charge in [-0.2, -0.15) is 13.9 Å². The molecular weight excluding hydrogens is 351 g/mol. The number of rotatable bonds is 6. The van der Waals surface area contributed by atoms with Crippen LogP contribution in [0.1, 0.15) is 12.0 Å². The molecular formula is C13H10F3N3O4S. The number of halogens is 3. The van der Waals surface area contributed by atoms with Gasteiger partial charge in [0.15, 0.2) is 16.7 Å². The average molecular weight is 361 g/mol. The van der Waals surface area contributed by atoms with Crippen molar-refractivity contribution in [1.29, 1.82) is 0 Å². The Morgan fingerprint density at radius 1 is 1.50 bits per heavy atom. The summed E-state index contributed by atoms with van der Waals surface area (Å²) in [6, 6.07) is 3.51. The minimum atomic E-state index is -3.21. The van der Waals surface area contributed by atoms with E-state index >= 15 is 0 Å². The molecule has 7 nitrogen and oxygen atoms in total. The second kappa shape index (κ2) is 7.81. The lowest BCUT2D eigenvalue weighted by molar-refractivity contribution is -0.138. The summed E-state index contributed by atoms with van der Waals surface area (Å²) < 4.78 is 42.1. The van der Waals surface area contributed by atoms with Crippen molar-refractivity contribution in [2.24, 2.45) is 10.2 Å². The van der Waals surface area contributed by atoms with Gasteiger partial charge in [-0.05, 0) is 12.1 Å². The summed E-state index contributed by atoms with van der Waals surface area (Å²) in [6.07, 6.45) is 0.598. The van der Waals surface area contributed by atoms with Crippen LogP contribution in [-0.2, 0) is 9.59 Å². The second-order valence-corrected chi connectivity index (χ2v) is 5.57. The lowest BCUT2D eigenvalue weighted by Crippen LogP contribution is -2.26. The fraction of sp³-hybridized carbons (Fsp3) is 0.231. The molecule has 1 unspecified atom stereocenters. The van der Waals surface area contributed by atoms with Gasteiger partial charge < -0.3 is 15.2 Å². The summed E-state index contributed by atoms with van der Waals surface area (Å²) in [5.74, 6) is -3.33. The van der Waals surface area contributed by atoms with Crippen LogP contribution >= 0.6 is 11.8 Å². The third-order valence-electron chi connectivity index (χ3n) is 2.69. The van der Waals surface area contributed by atoms with E-state index in [1.54, 1.807) is 0 Å². The van der Waals surface area contributed by atoms with Crippen LogP contribution in [0.5, 0.6) is 5.75 Å². The predicted octanol–water partition coefficient (Wildman–Crippen LogP) is 1.82. The molecule has 1 heterocycles. The van der Waals surface area contributed by atoms with E-state index in [1.165, 1.54) is 12.1 Å². The molecule has 1 atom stereocenters. The number of carboxylic acid groups (broad SMARTS) is 1. The molecule has 1 fully saturated rings. The fourth-order valence-corrected chi connectivity index (χ4v) is 2.64. The molecule has 11 heteroatoms. The maximum absolute atomic E-state index is 13.5. The van der Waals surface area contributed by atoms with Gasteiger partial charge in [-0.1, -0.05) is 17.8 Å². The number of carbonyl (C=O) groups is 2. The predicted molar refractivity (Wildman–Crippen MR) is 79.8 cm³/mol. The average Bonchev–Trinajstić information content (AvgIpc) is 2.81. The standard InChI is InChI=1S/C13H10F3N3O4S/c14-7-3-1-2-6(10(7)23-12(15)16)5-17-19-13-18-11(22)8(24-13)4-9(20)21/h1-3,5,8,12H,4H2,(H,20,21)(H,18,19,22). The van der Waals surface area contributed by atoms with Crippen LogP contribution in [0.4, 0.5) is 13.2 Å². The fourth-order valence-electron chi connectivity index (χ4n) is 1.73. The summed E-state index contributed by atoms with van der Waals surface area (Å²) in [5, 5.41) is 17.4. The van der Waals surface area contributed by atoms with Gasteiger partial charge in [-0.25, -0.2) is 4.39 Å². The molecule has 1 aliphatic heterocycles. The number of alkyl halides is 2. The number of nitrogens with one attached hydrogen (secondary N) is 1. The molecule has 1 aliphatic rings. The third-order valence-corrected chi connectivity index (χ3v) is 3.76. The summed E-state index contributed by atoms with van der Waals surface area (Å²) in [5.41, 5.74) is -0.0731. The van der Waals surface area contributed by atoms with Crippen LogP contribution in [0.3, 0.4) is 0 Å². The van der Waals surface area contributed by atoms with Gasteiger partial charge in [0.25, 0.3) is 0 Å². The van der Waals surface area contributed by atoms with Crippen LogP contribution in [-0.4, -0.2) is 40.2 Å². The number of amidine groups is 1. The zero-order valence-corrected chi connectivity index (χ0v) is 12.6. The lowest BCUT2D eigenvalue weighted by Gasteiger charge is -2.07. The second-order valence-electron chi connectivity index (χ2n) is 4.38. The maximum atomic E-state index is 13.5. The van der Waals surface area contributed by atoms with Crippen molar-refractivity contribution >= 4 is 35.0 Å². The number of aliphatic carboxylic acids is 1. The first kappa shape index (κ1) is 17.8. The Balaban J connectivity index is 2.11. The largest absolute Gasteiger partial charge is 0.481 e. The Bertz CT molecular complexity index is 712. The quantitative estimate of drug-likeness (QED) is 0.595. The molecule has 0 radical (unpaired) electrons. The smallest absolute Gasteiger partial charge is 0.387 e. The molecule has 1 amide bonds. The van der Waals surface area contributed by atoms with E-state index in [0.717, 1.165) is 24.0 Å². The van der Waals surface area contributed by atoms with Crippen LogP contribution in [0.25, 0.3) is 0 Å². The van der Waals surface area contributed by atoms with Crippen molar-refractivity contribution in [3.8, 4) is 5.75 Å². The Morgan fingerprint density at radius 3 is 2.92 bits per heavy atom. The van der Waals surface area contributed by atoms with Crippen LogP contribution in [0, 0.1) is 5.82 Å². The zero-order valence-electron chi connectivity index (χ0n) is 11.8. The highest BCUT2D eigenvalue weighted by atomic mass is 32.2. The van der Waals surface area contributed by atoms with E-state index in [2.05, 4.69) is 20.3 Å². The van der Waals surface area contributed by atoms with E-state index < -0.39 is 35.3 Å². The summed E-state index contributed by atoms with van der Waals surface area (Å²) in [6.45, 7) is -3.21. The molecule has 24 heavy (non-hydrogen) atoms. The molecule has 1 aromatic carbocycles. The molecule has 0 saturated carbocycles. The first-order valence-electron chi connectivity index (χ1n) is 6.40. The molecule has 2 rings (SSSR count). The summed E-state index contributed by atoms with van der Waals surface area (Å²) >= 11 is 0.870. The molecule has 0 aliphatic carbocycles. The van der Waals surface area contributed by atoms with Crippen LogP contribution in [0.2, 0.25) is 0 Å². The Labute approximate surface area is 137 Å². The van der Waals surface area contributed by atoms with E-state index in [1.807, 2.05) is 0 Å². The van der Waals surface area contributed by atoms with E-state index in [9.17, 15) is 22.8 Å². The number of hydrogen-bond donors (Lipinski definition) is 2. The zero-order chi connectivity index (χ0) is 17.7. The van der Waals surface area contributed by atoms with Gasteiger partial charge in [-0.15, -0.1) is 5.10 Å². The van der Waals surface area contributed by atoms with E-state index in [0.29, 0.717) is 0 Å². The SMILES string of the molecule is O=C(O)CC1SC(=NN=Cc2cccc(F)c2OC(F)F)NC1=O. The number of nitrogens with zero attached hydrogens (tertiary/aromatic N) is 2. The topological polar surface area (TPSA) is 100 Å². The summed E-state index contributed by atoms with van der Waals surface area (Å²) in [7, 11) is 0. The minimum Gasteiger partial charge on any atom is -0.481 e. The van der Waals surface area contributed by atoms with Crippen molar-refractivity contribution in [1.82, 2.24) is 5.32 Å². The highest BCUT2D eigenvalue weighted by Gasteiger charge is 2.32. The monoisotopic (exact) mass is 361 g/mol. The van der Waals surface area contributed by atoms with Crippen molar-refractivity contribution < 1.29 is 32.6 Å². The number of hydrogen-bond acceptors (Lipinski definition) is 6. The minimum absolute atomic E-state index is 0.0511. The molecule has 1 aromatic rings. The van der Waals surface area contributed by atoms with Gasteiger partial charge in [0.2, 0.25) is 5.91 Å². The maximum Gasteiger partial charge on any atom is 0.387 e. The van der Waals surface area contributed by atoms with Gasteiger partial charge in [-0.3, -0.25) is 9.59 Å². The number of ether oxygens (including phenoxy) is 1. The highest BCUT2D eigenvalue weighted by Crippen LogP contribution is 2.24. The lowest BCUT2D eigenvalue weighted by atomic mass is 10.2. The van der Waals surface area contributed by atoms with Gasteiger partial charge >= 0.3 is 12.6 Å². The number of para-hydroxylation sites is 1. The Hall–Kier alpha value is -2.56. The molecule has 1 saturated heterocycles. The molecule has 128 valence electrons. The Morgan fingerprint density at radius 2 is 2.25 bits per heavy atom. The molecule has 0 aromatic heterocycles. The van der Waals surface area contributed by atoms with Crippen LogP contribution in [0.15, 0.2) is 28.4 Å². The number of carboxylic acids is 1. The van der Waals surface area contributed by atoms with E-state index in [4.69, 9.17) is 5.11 Å². The van der Waals surface area contributed by atoms with Crippen LogP contribution < -0.4 is 10.1 Å². The molecule has 0 spiro atoms. The number of benzene rings is 1. The van der Waals surface area contributed by atoms with Gasteiger partial charge in [0, 0.05) is 5.56 Å². The van der Waals surface area contributed by atoms with Crippen molar-refractivity contribution in [3.05, 3.63) is 29.6 Å². The van der Waals surface area contributed by atoms with Gasteiger partial charge in [0.1, 0.15) is 5.25 Å². The number of thioether (sulfide) groups is 1. The molecule has 0 bridgehead atoms. The number of carbonyl (C=O) groups excluding carboxylic acids is 1. The summed E-state index contributed by atoms with van der Waals surface area (Å²) in [4.78, 5) is 22.1. The highest BCUT2D eigenvalue weighted by molar-refractivity contribution is 8.15. The first-order chi connectivity index (χ1) is 11.4. The normalized spacial score (nSPS) is 19.2. The third kappa shape index (κ3) is 4.72. The Kier molecular flexibility index (Phi) is 5.79. The van der Waals surface area contributed by atoms with Gasteiger partial charge in [0.05, 0.1) is 12.6 Å². The van der Waals surface area contributed by atoms with Crippen molar-refractivity contribution in [2.75, 3.05) is 0 Å². The van der Waals surface area contributed by atoms with Crippen molar-refractivity contribution in [3.63, 3.8) is 0 Å². The first-order valence-corrected chi connectivity index (χ1v) is 7.28.